The number of carbonyl (C=O) groups excluding carboxylic acids is 2. The molecule has 0 saturated heterocycles. The molecule has 0 unspecified atom stereocenters. The van der Waals surface area contributed by atoms with Crippen molar-refractivity contribution in [1.29, 1.82) is 0 Å². The van der Waals surface area contributed by atoms with Gasteiger partial charge in [0.2, 0.25) is 5.91 Å². The summed E-state index contributed by atoms with van der Waals surface area (Å²) < 4.78 is 0. The van der Waals surface area contributed by atoms with E-state index in [0.717, 1.165) is 0 Å². The van der Waals surface area contributed by atoms with Gasteiger partial charge in [0.25, 0.3) is 5.91 Å². The summed E-state index contributed by atoms with van der Waals surface area (Å²) in [5.41, 5.74) is 6.64. The number of likely N-dealkylation sites (N-methyl/N-ethyl adjacent to an activating group) is 1. The highest BCUT2D eigenvalue weighted by atomic mass is 16.2. The van der Waals surface area contributed by atoms with Crippen LogP contribution in [0.25, 0.3) is 0 Å². The first kappa shape index (κ1) is 14.2. The van der Waals surface area contributed by atoms with Crippen LogP contribution in [0.1, 0.15) is 24.2 Å². The van der Waals surface area contributed by atoms with E-state index >= 15 is 0 Å². The number of amides is 2. The number of carbonyl (C=O) groups is 2. The topological polar surface area (TPSA) is 75.4 Å². The predicted molar refractivity (Wildman–Crippen MR) is 71.4 cm³/mol. The van der Waals surface area contributed by atoms with Crippen LogP contribution in [0.2, 0.25) is 0 Å². The summed E-state index contributed by atoms with van der Waals surface area (Å²) in [4.78, 5) is 24.8. The number of nitrogens with two attached hydrogens (primary N) is 1. The largest absolute Gasteiger partial charge is 0.338 e. The molecule has 0 aliphatic carbocycles. The predicted octanol–water partition coefficient (Wildman–Crippen LogP) is 1.07. The van der Waals surface area contributed by atoms with E-state index < -0.39 is 0 Å². The third kappa shape index (κ3) is 3.85. The van der Waals surface area contributed by atoms with Crippen molar-refractivity contribution in [3.8, 4) is 0 Å². The summed E-state index contributed by atoms with van der Waals surface area (Å²) in [6.07, 6.45) is 0. The molecule has 0 aromatic heterocycles. The van der Waals surface area contributed by atoms with Crippen LogP contribution in [0.15, 0.2) is 24.3 Å². The molecule has 5 nitrogen and oxygen atoms in total. The van der Waals surface area contributed by atoms with Gasteiger partial charge >= 0.3 is 0 Å². The second-order valence-electron chi connectivity index (χ2n) is 3.94. The minimum absolute atomic E-state index is 0.0739. The summed E-state index contributed by atoms with van der Waals surface area (Å²) in [6, 6.07) is 6.89. The third-order valence-corrected chi connectivity index (χ3v) is 2.50. The molecule has 0 bridgehead atoms. The highest BCUT2D eigenvalue weighted by Crippen LogP contribution is 2.12. The van der Waals surface area contributed by atoms with Crippen molar-refractivity contribution in [2.75, 3.05) is 25.0 Å². The summed E-state index contributed by atoms with van der Waals surface area (Å²) in [5.74, 6) is -0.232. The molecule has 0 saturated carbocycles. The van der Waals surface area contributed by atoms with Crippen molar-refractivity contribution in [1.82, 2.24) is 4.90 Å². The maximum absolute atomic E-state index is 12.2. The Morgan fingerprint density at radius 2 is 2.11 bits per heavy atom. The second-order valence-corrected chi connectivity index (χ2v) is 3.94. The van der Waals surface area contributed by atoms with Crippen LogP contribution >= 0.6 is 0 Å². The third-order valence-electron chi connectivity index (χ3n) is 2.50. The molecule has 5 heteroatoms. The van der Waals surface area contributed by atoms with E-state index in [4.69, 9.17) is 5.73 Å². The molecular formula is C13H19N3O2. The van der Waals surface area contributed by atoms with Crippen molar-refractivity contribution >= 4 is 17.5 Å². The smallest absolute Gasteiger partial charge is 0.253 e. The molecule has 0 fully saturated rings. The average Bonchev–Trinajstić information content (AvgIpc) is 2.34. The van der Waals surface area contributed by atoms with Gasteiger partial charge in [0, 0.05) is 37.8 Å². The van der Waals surface area contributed by atoms with Gasteiger partial charge in [-0.15, -0.1) is 0 Å². The van der Waals surface area contributed by atoms with E-state index in [1.165, 1.54) is 6.92 Å². The molecule has 1 aromatic rings. The number of hydrogen-bond donors (Lipinski definition) is 2. The average molecular weight is 249 g/mol. The standard InChI is InChI=1S/C13H19N3O2/c1-3-16(8-7-14)13(18)11-5-4-6-12(9-11)15-10(2)17/h4-6,9H,3,7-8,14H2,1-2H3,(H,15,17). The number of hydrogen-bond acceptors (Lipinski definition) is 3. The lowest BCUT2D eigenvalue weighted by atomic mass is 10.1. The van der Waals surface area contributed by atoms with E-state index in [2.05, 4.69) is 5.32 Å². The van der Waals surface area contributed by atoms with Gasteiger partial charge in [-0.2, -0.15) is 0 Å². The summed E-state index contributed by atoms with van der Waals surface area (Å²) in [7, 11) is 0. The Bertz CT molecular complexity index is 432. The number of nitrogens with zero attached hydrogens (tertiary/aromatic N) is 1. The van der Waals surface area contributed by atoms with E-state index in [1.807, 2.05) is 6.92 Å². The van der Waals surface area contributed by atoms with E-state index in [1.54, 1.807) is 29.2 Å². The monoisotopic (exact) mass is 249 g/mol. The minimum atomic E-state index is -0.158. The second kappa shape index (κ2) is 6.76. The Hall–Kier alpha value is -1.88. The lowest BCUT2D eigenvalue weighted by Gasteiger charge is -2.20. The SMILES string of the molecule is CCN(CCN)C(=O)c1cccc(NC(C)=O)c1. The summed E-state index contributed by atoms with van der Waals surface area (Å²) in [6.45, 7) is 4.91. The number of benzene rings is 1. The van der Waals surface area contributed by atoms with Gasteiger partial charge in [-0.1, -0.05) is 6.07 Å². The first-order valence-electron chi connectivity index (χ1n) is 5.95. The molecule has 0 aliphatic heterocycles. The van der Waals surface area contributed by atoms with Crippen molar-refractivity contribution < 1.29 is 9.59 Å². The van der Waals surface area contributed by atoms with Gasteiger partial charge in [0.15, 0.2) is 0 Å². The fourth-order valence-corrected chi connectivity index (χ4v) is 1.67. The molecular weight excluding hydrogens is 230 g/mol. The van der Waals surface area contributed by atoms with Crippen molar-refractivity contribution in [2.45, 2.75) is 13.8 Å². The van der Waals surface area contributed by atoms with Crippen molar-refractivity contribution in [2.24, 2.45) is 5.73 Å². The van der Waals surface area contributed by atoms with Gasteiger partial charge in [0.1, 0.15) is 0 Å². The normalized spacial score (nSPS) is 9.94. The molecule has 3 N–H and O–H groups in total. The van der Waals surface area contributed by atoms with E-state index in [0.29, 0.717) is 30.9 Å². The molecule has 0 heterocycles. The Morgan fingerprint density at radius 3 is 2.67 bits per heavy atom. The molecule has 1 aromatic carbocycles. The van der Waals surface area contributed by atoms with Crippen LogP contribution in [0.3, 0.4) is 0 Å². The highest BCUT2D eigenvalue weighted by Gasteiger charge is 2.13. The molecule has 0 spiro atoms. The summed E-state index contributed by atoms with van der Waals surface area (Å²) >= 11 is 0. The molecule has 2 amide bonds. The van der Waals surface area contributed by atoms with Crippen LogP contribution in [0, 0.1) is 0 Å². The Balaban J connectivity index is 2.88. The molecule has 18 heavy (non-hydrogen) atoms. The maximum Gasteiger partial charge on any atom is 0.253 e. The van der Waals surface area contributed by atoms with Gasteiger partial charge < -0.3 is 16.0 Å². The van der Waals surface area contributed by atoms with E-state index in [-0.39, 0.29) is 11.8 Å². The van der Waals surface area contributed by atoms with Crippen LogP contribution in [-0.4, -0.2) is 36.3 Å². The molecule has 0 atom stereocenters. The first-order valence-corrected chi connectivity index (χ1v) is 5.95. The lowest BCUT2D eigenvalue weighted by Crippen LogP contribution is -2.35. The van der Waals surface area contributed by atoms with Crippen LogP contribution in [0.4, 0.5) is 5.69 Å². The van der Waals surface area contributed by atoms with Crippen LogP contribution in [-0.2, 0) is 4.79 Å². The fraction of sp³-hybridized carbons (Fsp3) is 0.385. The lowest BCUT2D eigenvalue weighted by molar-refractivity contribution is -0.114. The number of rotatable bonds is 5. The Kier molecular flexibility index (Phi) is 5.32. The Labute approximate surface area is 107 Å². The first-order chi connectivity index (χ1) is 8.58. The van der Waals surface area contributed by atoms with Gasteiger partial charge in [0.05, 0.1) is 0 Å². The van der Waals surface area contributed by atoms with E-state index in [9.17, 15) is 9.59 Å². The molecule has 0 radical (unpaired) electrons. The molecule has 98 valence electrons. The van der Waals surface area contributed by atoms with Gasteiger partial charge in [-0.3, -0.25) is 9.59 Å². The molecule has 1 rings (SSSR count). The quantitative estimate of drug-likeness (QED) is 0.819. The zero-order chi connectivity index (χ0) is 13.5. The molecule has 0 aliphatic rings. The number of anilines is 1. The van der Waals surface area contributed by atoms with Gasteiger partial charge in [-0.25, -0.2) is 0 Å². The van der Waals surface area contributed by atoms with Crippen molar-refractivity contribution in [3.05, 3.63) is 29.8 Å². The minimum Gasteiger partial charge on any atom is -0.338 e. The zero-order valence-electron chi connectivity index (χ0n) is 10.8. The Morgan fingerprint density at radius 1 is 1.39 bits per heavy atom. The van der Waals surface area contributed by atoms with Gasteiger partial charge in [-0.05, 0) is 25.1 Å². The summed E-state index contributed by atoms with van der Waals surface area (Å²) in [5, 5.41) is 2.65. The maximum atomic E-state index is 12.2. The zero-order valence-corrected chi connectivity index (χ0v) is 10.8. The van der Waals surface area contributed by atoms with Crippen LogP contribution in [0.5, 0.6) is 0 Å². The van der Waals surface area contributed by atoms with Crippen LogP contribution < -0.4 is 11.1 Å². The highest BCUT2D eigenvalue weighted by molar-refractivity contribution is 5.96. The van der Waals surface area contributed by atoms with Crippen molar-refractivity contribution in [3.63, 3.8) is 0 Å². The fourth-order valence-electron chi connectivity index (χ4n) is 1.67. The number of nitrogens with one attached hydrogen (secondary N) is 1.